The normalized spacial score (nSPS) is 20.5. The van der Waals surface area contributed by atoms with E-state index in [-0.39, 0.29) is 5.91 Å². The van der Waals surface area contributed by atoms with Crippen molar-refractivity contribution in [1.29, 1.82) is 0 Å². The van der Waals surface area contributed by atoms with Crippen molar-refractivity contribution in [3.8, 4) is 5.75 Å². The van der Waals surface area contributed by atoms with Crippen molar-refractivity contribution >= 4 is 5.91 Å². The zero-order valence-electron chi connectivity index (χ0n) is 19.1. The molecule has 7 heteroatoms. The molecule has 0 saturated carbocycles. The van der Waals surface area contributed by atoms with Gasteiger partial charge in [0.25, 0.3) is 5.91 Å². The van der Waals surface area contributed by atoms with Crippen molar-refractivity contribution in [3.05, 3.63) is 64.7 Å². The maximum Gasteiger partial charge on any atom is 0.257 e. The number of hydrogen-bond acceptors (Lipinski definition) is 6. The topological polar surface area (TPSA) is 65.5 Å². The highest BCUT2D eigenvalue weighted by atomic mass is 16.5. The molecule has 0 spiro atoms. The van der Waals surface area contributed by atoms with Gasteiger partial charge in [-0.15, -0.1) is 0 Å². The van der Waals surface area contributed by atoms with Gasteiger partial charge in [0.05, 0.1) is 31.4 Å². The Hall–Kier alpha value is -2.45. The number of aliphatic hydroxyl groups excluding tert-OH is 1. The summed E-state index contributed by atoms with van der Waals surface area (Å²) in [4.78, 5) is 19.6. The van der Waals surface area contributed by atoms with Crippen LogP contribution in [0.5, 0.6) is 5.75 Å². The lowest BCUT2D eigenvalue weighted by Gasteiger charge is -2.32. The smallest absolute Gasteiger partial charge is 0.257 e. The van der Waals surface area contributed by atoms with Gasteiger partial charge in [-0.25, -0.2) is 0 Å². The molecule has 1 N–H and O–H groups in total. The lowest BCUT2D eigenvalue weighted by atomic mass is 10.00. The van der Waals surface area contributed by atoms with E-state index in [1.54, 1.807) is 4.90 Å². The number of nitrogens with zero attached hydrogens (tertiary/aromatic N) is 3. The van der Waals surface area contributed by atoms with Crippen LogP contribution in [0.3, 0.4) is 0 Å². The molecule has 176 valence electrons. The Morgan fingerprint density at radius 1 is 0.909 bits per heavy atom. The van der Waals surface area contributed by atoms with Gasteiger partial charge in [0.15, 0.2) is 0 Å². The second kappa shape index (κ2) is 10.2. The number of hydrogen-bond donors (Lipinski definition) is 1. The van der Waals surface area contributed by atoms with Crippen LogP contribution in [0.4, 0.5) is 0 Å². The van der Waals surface area contributed by atoms with E-state index in [9.17, 15) is 9.90 Å². The lowest BCUT2D eigenvalue weighted by molar-refractivity contribution is 0.0341. The van der Waals surface area contributed by atoms with Crippen LogP contribution in [0.15, 0.2) is 42.5 Å². The van der Waals surface area contributed by atoms with Gasteiger partial charge < -0.3 is 19.5 Å². The second-order valence-electron chi connectivity index (χ2n) is 9.23. The van der Waals surface area contributed by atoms with Crippen LogP contribution in [0.25, 0.3) is 0 Å². The molecule has 2 aromatic carbocycles. The molecular weight excluding hydrogens is 418 g/mol. The Morgan fingerprint density at radius 3 is 2.58 bits per heavy atom. The summed E-state index contributed by atoms with van der Waals surface area (Å²) in [7, 11) is 0. The van der Waals surface area contributed by atoms with Crippen molar-refractivity contribution in [2.24, 2.45) is 0 Å². The fourth-order valence-corrected chi connectivity index (χ4v) is 5.01. The minimum absolute atomic E-state index is 0.0662. The first-order valence-corrected chi connectivity index (χ1v) is 12.0. The molecule has 7 nitrogen and oxygen atoms in total. The monoisotopic (exact) mass is 451 g/mol. The van der Waals surface area contributed by atoms with E-state index in [1.165, 1.54) is 11.1 Å². The largest absolute Gasteiger partial charge is 0.491 e. The second-order valence-corrected chi connectivity index (χ2v) is 9.23. The van der Waals surface area contributed by atoms with Crippen LogP contribution < -0.4 is 4.74 Å². The van der Waals surface area contributed by atoms with Crippen LogP contribution in [0, 0.1) is 0 Å². The van der Waals surface area contributed by atoms with E-state index in [1.807, 2.05) is 18.2 Å². The molecule has 1 amide bonds. The minimum atomic E-state index is -0.596. The summed E-state index contributed by atoms with van der Waals surface area (Å²) in [6.07, 6.45) is 0.404. The number of carbonyl (C=O) groups is 1. The van der Waals surface area contributed by atoms with Gasteiger partial charge in [-0.3, -0.25) is 14.6 Å². The van der Waals surface area contributed by atoms with Gasteiger partial charge in [0.1, 0.15) is 12.4 Å². The fourth-order valence-electron chi connectivity index (χ4n) is 5.01. The molecule has 0 bridgehead atoms. The number of aliphatic hydroxyl groups is 1. The minimum Gasteiger partial charge on any atom is -0.491 e. The molecule has 0 unspecified atom stereocenters. The molecule has 1 saturated heterocycles. The molecule has 1 atom stereocenters. The maximum atomic E-state index is 13.2. The number of ether oxygens (including phenoxy) is 2. The molecule has 33 heavy (non-hydrogen) atoms. The van der Waals surface area contributed by atoms with Crippen LogP contribution >= 0.6 is 0 Å². The maximum absolute atomic E-state index is 13.2. The van der Waals surface area contributed by atoms with Crippen LogP contribution in [0.1, 0.15) is 27.0 Å². The van der Waals surface area contributed by atoms with Gasteiger partial charge in [-0.05, 0) is 35.2 Å². The number of β-amino-alcohol motifs (C(OH)–C–C–N with tert-alkyl or cyclic N) is 1. The number of rotatable bonds is 6. The predicted octanol–water partition coefficient (Wildman–Crippen LogP) is 1.77. The van der Waals surface area contributed by atoms with Crippen molar-refractivity contribution in [2.75, 3.05) is 59.1 Å². The Labute approximate surface area is 195 Å². The van der Waals surface area contributed by atoms with Crippen LogP contribution in [0.2, 0.25) is 0 Å². The quantitative estimate of drug-likeness (QED) is 0.722. The third-order valence-corrected chi connectivity index (χ3v) is 6.80. The summed E-state index contributed by atoms with van der Waals surface area (Å²) >= 11 is 0. The molecule has 2 aromatic rings. The lowest BCUT2D eigenvalue weighted by Crippen LogP contribution is -2.44. The van der Waals surface area contributed by atoms with E-state index in [0.29, 0.717) is 37.6 Å². The summed E-state index contributed by atoms with van der Waals surface area (Å²) in [5.41, 5.74) is 4.45. The molecule has 0 radical (unpaired) electrons. The van der Waals surface area contributed by atoms with Gasteiger partial charge in [-0.1, -0.05) is 30.3 Å². The summed E-state index contributed by atoms with van der Waals surface area (Å²) < 4.78 is 11.4. The van der Waals surface area contributed by atoms with Crippen molar-refractivity contribution in [1.82, 2.24) is 14.7 Å². The van der Waals surface area contributed by atoms with Gasteiger partial charge in [0, 0.05) is 45.8 Å². The molecule has 3 aliphatic heterocycles. The average molecular weight is 452 g/mol. The number of amides is 1. The predicted molar refractivity (Wildman–Crippen MR) is 125 cm³/mol. The highest BCUT2D eigenvalue weighted by Crippen LogP contribution is 2.26. The highest BCUT2D eigenvalue weighted by Gasteiger charge is 2.27. The van der Waals surface area contributed by atoms with Gasteiger partial charge in [-0.2, -0.15) is 0 Å². The van der Waals surface area contributed by atoms with Crippen LogP contribution in [-0.2, 0) is 24.2 Å². The molecule has 5 rings (SSSR count). The van der Waals surface area contributed by atoms with Crippen molar-refractivity contribution < 1.29 is 19.4 Å². The molecule has 0 aromatic heterocycles. The van der Waals surface area contributed by atoms with Crippen molar-refractivity contribution in [2.45, 2.75) is 25.6 Å². The summed E-state index contributed by atoms with van der Waals surface area (Å²) in [5, 5.41) is 10.8. The number of fused-ring (bicyclic) bond motifs is 2. The van der Waals surface area contributed by atoms with E-state index in [4.69, 9.17) is 9.47 Å². The Kier molecular flexibility index (Phi) is 6.92. The summed E-state index contributed by atoms with van der Waals surface area (Å²) in [5.74, 6) is 0.582. The van der Waals surface area contributed by atoms with Gasteiger partial charge in [0.2, 0.25) is 0 Å². The van der Waals surface area contributed by atoms with E-state index in [2.05, 4.69) is 34.1 Å². The van der Waals surface area contributed by atoms with Crippen LogP contribution in [-0.4, -0.2) is 90.9 Å². The van der Waals surface area contributed by atoms with Crippen molar-refractivity contribution in [3.63, 3.8) is 0 Å². The first kappa shape index (κ1) is 22.3. The number of carbonyl (C=O) groups excluding carboxylic acids is 1. The molecular formula is C26H33N3O4. The molecule has 1 fully saturated rings. The average Bonchev–Trinajstić information content (AvgIpc) is 2.98. The van der Waals surface area contributed by atoms with E-state index < -0.39 is 6.10 Å². The Bertz CT molecular complexity index is 976. The van der Waals surface area contributed by atoms with Gasteiger partial charge >= 0.3 is 0 Å². The summed E-state index contributed by atoms with van der Waals surface area (Å²) in [6, 6.07) is 14.4. The molecule has 3 aliphatic rings. The first-order valence-electron chi connectivity index (χ1n) is 12.0. The number of benzene rings is 2. The Morgan fingerprint density at radius 2 is 1.73 bits per heavy atom. The summed E-state index contributed by atoms with van der Waals surface area (Å²) in [6.45, 7) is 7.77. The highest BCUT2D eigenvalue weighted by molar-refractivity contribution is 5.97. The SMILES string of the molecule is O=C1c2ccc(CN3CCOCC3)cc2OCCN1C[C@H](O)CN1CCc2ccccc2C1. The third kappa shape index (κ3) is 5.38. The zero-order chi connectivity index (χ0) is 22.6. The zero-order valence-corrected chi connectivity index (χ0v) is 19.1. The standard InChI is InChI=1S/C26H33N3O4/c30-23(18-28-8-7-21-3-1-2-4-22(21)17-28)19-29-11-14-33-25-15-20(5-6-24(25)26(29)31)16-27-9-12-32-13-10-27/h1-6,15,23,30H,7-14,16-19H2/t23-/m1/s1. The third-order valence-electron chi connectivity index (χ3n) is 6.80. The van der Waals surface area contributed by atoms with E-state index in [0.717, 1.165) is 57.9 Å². The first-order chi connectivity index (χ1) is 16.2. The van der Waals surface area contributed by atoms with E-state index >= 15 is 0 Å². The molecule has 0 aliphatic carbocycles. The molecule has 3 heterocycles. The number of morpholine rings is 1. The fraction of sp³-hybridized carbons (Fsp3) is 0.500. The Balaban J connectivity index is 1.19.